The maximum atomic E-state index is 13.0. The van der Waals surface area contributed by atoms with E-state index in [2.05, 4.69) is 10.6 Å². The molecule has 2 N–H and O–H groups in total. The highest BCUT2D eigenvalue weighted by molar-refractivity contribution is 7.89. The summed E-state index contributed by atoms with van der Waals surface area (Å²) >= 11 is 0. The Morgan fingerprint density at radius 1 is 0.939 bits per heavy atom. The molecule has 0 bridgehead atoms. The molecule has 4 unspecified atom stereocenters. The monoisotopic (exact) mass is 471 g/mol. The van der Waals surface area contributed by atoms with Crippen LogP contribution in [0.1, 0.15) is 37.6 Å². The van der Waals surface area contributed by atoms with Gasteiger partial charge >= 0.3 is 0 Å². The van der Waals surface area contributed by atoms with E-state index in [0.717, 1.165) is 6.42 Å². The van der Waals surface area contributed by atoms with Crippen LogP contribution < -0.4 is 10.6 Å². The van der Waals surface area contributed by atoms with Gasteiger partial charge in [-0.3, -0.25) is 9.59 Å². The zero-order chi connectivity index (χ0) is 23.8. The fourth-order valence-corrected chi connectivity index (χ4v) is 5.64. The Kier molecular flexibility index (Phi) is 6.56. The molecule has 1 saturated carbocycles. The molecular formula is C24H29N3O5S. The second-order valence-electron chi connectivity index (χ2n) is 8.95. The topological polar surface area (TPSA) is 105 Å². The van der Waals surface area contributed by atoms with E-state index in [1.807, 2.05) is 20.8 Å². The van der Waals surface area contributed by atoms with Crippen LogP contribution in [0.5, 0.6) is 0 Å². The van der Waals surface area contributed by atoms with Crippen LogP contribution in [0, 0.1) is 11.8 Å². The molecule has 0 radical (unpaired) electrons. The van der Waals surface area contributed by atoms with Crippen LogP contribution in [0.15, 0.2) is 53.4 Å². The minimum atomic E-state index is -3.65. The van der Waals surface area contributed by atoms with Crippen molar-refractivity contribution in [3.05, 3.63) is 54.1 Å². The molecule has 9 heteroatoms. The predicted octanol–water partition coefficient (Wildman–Crippen LogP) is 3.33. The van der Waals surface area contributed by atoms with Crippen LogP contribution in [0.2, 0.25) is 0 Å². The average molecular weight is 472 g/mol. The molecule has 0 spiro atoms. The Balaban J connectivity index is 1.41. The summed E-state index contributed by atoms with van der Waals surface area (Å²) in [4.78, 5) is 25.0. The second-order valence-corrected chi connectivity index (χ2v) is 10.9. The van der Waals surface area contributed by atoms with Gasteiger partial charge in [0.15, 0.2) is 0 Å². The van der Waals surface area contributed by atoms with Crippen molar-refractivity contribution in [1.29, 1.82) is 0 Å². The van der Waals surface area contributed by atoms with Gasteiger partial charge in [-0.15, -0.1) is 0 Å². The fraction of sp³-hybridized carbons (Fsp3) is 0.417. The molecule has 4 atom stereocenters. The molecule has 2 aromatic rings. The Bertz CT molecular complexity index is 1140. The van der Waals surface area contributed by atoms with Crippen molar-refractivity contribution in [2.45, 2.75) is 44.3 Å². The van der Waals surface area contributed by atoms with Crippen molar-refractivity contribution < 1.29 is 22.7 Å². The third kappa shape index (κ3) is 5.43. The van der Waals surface area contributed by atoms with E-state index in [4.69, 9.17) is 4.74 Å². The summed E-state index contributed by atoms with van der Waals surface area (Å²) in [6, 6.07) is 12.8. The molecular weight excluding hydrogens is 442 g/mol. The number of nitrogens with zero attached hydrogens (tertiary/aromatic N) is 1. The predicted molar refractivity (Wildman–Crippen MR) is 126 cm³/mol. The van der Waals surface area contributed by atoms with Crippen molar-refractivity contribution in [1.82, 2.24) is 4.31 Å². The molecule has 33 heavy (non-hydrogen) atoms. The minimum Gasteiger partial charge on any atom is -0.373 e. The molecule has 2 amide bonds. The normalized spacial score (nSPS) is 25.3. The Morgan fingerprint density at radius 2 is 1.58 bits per heavy atom. The van der Waals surface area contributed by atoms with E-state index in [9.17, 15) is 18.0 Å². The number of rotatable bonds is 6. The van der Waals surface area contributed by atoms with Gasteiger partial charge in [0.2, 0.25) is 15.9 Å². The van der Waals surface area contributed by atoms with Gasteiger partial charge in [-0.05, 0) is 68.7 Å². The third-order valence-electron chi connectivity index (χ3n) is 5.97. The number of ether oxygens (including phenoxy) is 1. The van der Waals surface area contributed by atoms with Crippen LogP contribution in [0.3, 0.4) is 0 Å². The van der Waals surface area contributed by atoms with Gasteiger partial charge in [-0.25, -0.2) is 8.42 Å². The number of carbonyl (C=O) groups excluding carboxylic acids is 2. The summed E-state index contributed by atoms with van der Waals surface area (Å²) in [5.41, 5.74) is 1.44. The number of hydrogen-bond donors (Lipinski definition) is 2. The number of amides is 2. The quantitative estimate of drug-likeness (QED) is 0.672. The summed E-state index contributed by atoms with van der Waals surface area (Å²) in [7, 11) is -3.65. The smallest absolute Gasteiger partial charge is 0.255 e. The number of nitrogens with one attached hydrogen (secondary N) is 2. The first-order valence-electron chi connectivity index (χ1n) is 11.1. The van der Waals surface area contributed by atoms with Gasteiger partial charge in [-0.1, -0.05) is 13.0 Å². The van der Waals surface area contributed by atoms with Gasteiger partial charge in [0, 0.05) is 35.9 Å². The van der Waals surface area contributed by atoms with E-state index in [1.54, 1.807) is 36.4 Å². The van der Waals surface area contributed by atoms with Gasteiger partial charge in [0.05, 0.1) is 17.1 Å². The number of morpholine rings is 1. The zero-order valence-corrected chi connectivity index (χ0v) is 19.8. The maximum Gasteiger partial charge on any atom is 0.255 e. The Morgan fingerprint density at radius 3 is 2.18 bits per heavy atom. The molecule has 2 aliphatic rings. The van der Waals surface area contributed by atoms with E-state index in [1.165, 1.54) is 16.4 Å². The van der Waals surface area contributed by atoms with E-state index >= 15 is 0 Å². The van der Waals surface area contributed by atoms with E-state index in [-0.39, 0.29) is 34.8 Å². The number of sulfonamides is 1. The van der Waals surface area contributed by atoms with Crippen LogP contribution >= 0.6 is 0 Å². The lowest BCUT2D eigenvalue weighted by Gasteiger charge is -2.34. The number of hydrogen-bond acceptors (Lipinski definition) is 5. The number of benzene rings is 2. The summed E-state index contributed by atoms with van der Waals surface area (Å²) < 4.78 is 33.0. The lowest BCUT2D eigenvalue weighted by Crippen LogP contribution is -2.48. The first-order chi connectivity index (χ1) is 15.6. The highest BCUT2D eigenvalue weighted by Gasteiger charge is 2.39. The van der Waals surface area contributed by atoms with Gasteiger partial charge in [-0.2, -0.15) is 4.31 Å². The van der Waals surface area contributed by atoms with Crippen LogP contribution in [-0.4, -0.2) is 49.8 Å². The number of carbonyl (C=O) groups is 2. The van der Waals surface area contributed by atoms with Crippen LogP contribution in [0.25, 0.3) is 0 Å². The molecule has 2 fully saturated rings. The van der Waals surface area contributed by atoms with Crippen molar-refractivity contribution in [3.63, 3.8) is 0 Å². The minimum absolute atomic E-state index is 0.0269. The largest absolute Gasteiger partial charge is 0.373 e. The standard InChI is InChI=1S/C24H29N3O5S/c1-15-11-22(15)24(29)26-20-6-4-5-18(12-20)23(28)25-19-7-9-21(10-8-19)33(30,31)27-13-16(2)32-17(3)14-27/h4-10,12,15-17,22H,11,13-14H2,1-3H3,(H,25,28)(H,26,29). The van der Waals surface area contributed by atoms with E-state index in [0.29, 0.717) is 35.9 Å². The highest BCUT2D eigenvalue weighted by Crippen LogP contribution is 2.38. The summed E-state index contributed by atoms with van der Waals surface area (Å²) in [6.07, 6.45) is 0.548. The molecule has 1 saturated heterocycles. The highest BCUT2D eigenvalue weighted by atomic mass is 32.2. The molecule has 1 aliphatic heterocycles. The first kappa shape index (κ1) is 23.4. The maximum absolute atomic E-state index is 13.0. The summed E-state index contributed by atoms with van der Waals surface area (Å²) in [5, 5.41) is 5.63. The lowest BCUT2D eigenvalue weighted by atomic mass is 10.1. The van der Waals surface area contributed by atoms with Crippen LogP contribution in [-0.2, 0) is 19.6 Å². The van der Waals surface area contributed by atoms with Crippen molar-refractivity contribution in [2.75, 3.05) is 23.7 Å². The molecule has 176 valence electrons. The van der Waals surface area contributed by atoms with Gasteiger partial charge in [0.25, 0.3) is 5.91 Å². The first-order valence-corrected chi connectivity index (χ1v) is 12.6. The molecule has 2 aromatic carbocycles. The van der Waals surface area contributed by atoms with Crippen LogP contribution in [0.4, 0.5) is 11.4 Å². The van der Waals surface area contributed by atoms with Crippen molar-refractivity contribution >= 4 is 33.2 Å². The Hall–Kier alpha value is -2.75. The SMILES string of the molecule is CC1CN(S(=O)(=O)c2ccc(NC(=O)c3cccc(NC(=O)C4CC4C)c3)cc2)CC(C)O1. The summed E-state index contributed by atoms with van der Waals surface area (Å²) in [5.74, 6) is 0.0673. The number of anilines is 2. The summed E-state index contributed by atoms with van der Waals surface area (Å²) in [6.45, 7) is 6.34. The second kappa shape index (κ2) is 9.24. The zero-order valence-electron chi connectivity index (χ0n) is 18.9. The molecule has 1 heterocycles. The molecule has 4 rings (SSSR count). The van der Waals surface area contributed by atoms with Crippen molar-refractivity contribution in [2.24, 2.45) is 11.8 Å². The van der Waals surface area contributed by atoms with E-state index < -0.39 is 10.0 Å². The Labute approximate surface area is 194 Å². The molecule has 0 aromatic heterocycles. The van der Waals surface area contributed by atoms with Gasteiger partial charge in [0.1, 0.15) is 0 Å². The average Bonchev–Trinajstić information content (AvgIpc) is 3.50. The third-order valence-corrected chi connectivity index (χ3v) is 7.82. The molecule has 8 nitrogen and oxygen atoms in total. The fourth-order valence-electron chi connectivity index (χ4n) is 4.05. The van der Waals surface area contributed by atoms with Gasteiger partial charge < -0.3 is 15.4 Å². The lowest BCUT2D eigenvalue weighted by molar-refractivity contribution is -0.117. The molecule has 1 aliphatic carbocycles. The van der Waals surface area contributed by atoms with Crippen molar-refractivity contribution in [3.8, 4) is 0 Å².